The third kappa shape index (κ3) is 5.01. The first-order valence-corrected chi connectivity index (χ1v) is 10.9. The summed E-state index contributed by atoms with van der Waals surface area (Å²) >= 11 is 5.99. The summed E-state index contributed by atoms with van der Waals surface area (Å²) in [5, 5.41) is 3.80. The van der Waals surface area contributed by atoms with E-state index in [-0.39, 0.29) is 17.9 Å². The molecule has 5 nitrogen and oxygen atoms in total. The molecule has 0 radical (unpaired) electrons. The standard InChI is InChI=1S/C26H25ClN2O3/c1-32-26(31)24-15-21(17-29(24)16-18-11-13-20(27)14-12-18)28-25(30)23-10-6-5-9-22(23)19-7-3-2-4-8-19/h2-14,21,24H,15-17H2,1H3,(H,28,30)/t21-,24+/m1/s1. The van der Waals surface area contributed by atoms with E-state index in [0.717, 1.165) is 16.7 Å². The highest BCUT2D eigenvalue weighted by Crippen LogP contribution is 2.26. The molecule has 3 aromatic rings. The molecule has 1 saturated heterocycles. The Morgan fingerprint density at radius 2 is 1.69 bits per heavy atom. The van der Waals surface area contributed by atoms with E-state index >= 15 is 0 Å². The number of carbonyl (C=O) groups excluding carboxylic acids is 2. The number of ether oxygens (including phenoxy) is 1. The van der Waals surface area contributed by atoms with Gasteiger partial charge >= 0.3 is 5.97 Å². The molecule has 3 aromatic carbocycles. The van der Waals surface area contributed by atoms with Crippen molar-refractivity contribution in [2.75, 3.05) is 13.7 Å². The highest BCUT2D eigenvalue weighted by atomic mass is 35.5. The molecule has 4 rings (SSSR count). The molecule has 1 fully saturated rings. The number of nitrogens with zero attached hydrogens (tertiary/aromatic N) is 1. The number of esters is 1. The van der Waals surface area contributed by atoms with Gasteiger partial charge in [0.15, 0.2) is 0 Å². The van der Waals surface area contributed by atoms with E-state index < -0.39 is 6.04 Å². The van der Waals surface area contributed by atoms with E-state index in [0.29, 0.717) is 30.1 Å². The van der Waals surface area contributed by atoms with E-state index in [4.69, 9.17) is 16.3 Å². The Bertz CT molecular complexity index is 1090. The highest BCUT2D eigenvalue weighted by Gasteiger charge is 2.38. The molecule has 0 aromatic heterocycles. The lowest BCUT2D eigenvalue weighted by Gasteiger charge is -2.22. The van der Waals surface area contributed by atoms with Crippen molar-refractivity contribution in [2.24, 2.45) is 0 Å². The smallest absolute Gasteiger partial charge is 0.323 e. The average Bonchev–Trinajstić information content (AvgIpc) is 3.22. The zero-order chi connectivity index (χ0) is 22.5. The summed E-state index contributed by atoms with van der Waals surface area (Å²) in [6.07, 6.45) is 0.500. The van der Waals surface area contributed by atoms with Gasteiger partial charge in [-0.15, -0.1) is 0 Å². The van der Waals surface area contributed by atoms with Gasteiger partial charge in [-0.05, 0) is 41.3 Å². The highest BCUT2D eigenvalue weighted by molar-refractivity contribution is 6.30. The largest absolute Gasteiger partial charge is 0.468 e. The van der Waals surface area contributed by atoms with E-state index in [2.05, 4.69) is 5.32 Å². The summed E-state index contributed by atoms with van der Waals surface area (Å²) in [4.78, 5) is 27.6. The number of hydrogen-bond donors (Lipinski definition) is 1. The van der Waals surface area contributed by atoms with E-state index in [1.165, 1.54) is 7.11 Å². The van der Waals surface area contributed by atoms with Crippen LogP contribution in [0.1, 0.15) is 22.3 Å². The van der Waals surface area contributed by atoms with Gasteiger partial charge in [0.1, 0.15) is 6.04 Å². The molecular formula is C26H25ClN2O3. The van der Waals surface area contributed by atoms with Crippen LogP contribution in [0.5, 0.6) is 0 Å². The van der Waals surface area contributed by atoms with Crippen LogP contribution in [-0.2, 0) is 16.1 Å². The molecule has 0 bridgehead atoms. The van der Waals surface area contributed by atoms with Crippen LogP contribution >= 0.6 is 11.6 Å². The lowest BCUT2D eigenvalue weighted by atomic mass is 9.99. The molecule has 6 heteroatoms. The topological polar surface area (TPSA) is 58.6 Å². The number of likely N-dealkylation sites (tertiary alicyclic amines) is 1. The van der Waals surface area contributed by atoms with Crippen LogP contribution in [0.2, 0.25) is 5.02 Å². The normalized spacial score (nSPS) is 18.3. The summed E-state index contributed by atoms with van der Waals surface area (Å²) in [6.45, 7) is 1.13. The Morgan fingerprint density at radius 1 is 1.00 bits per heavy atom. The first kappa shape index (κ1) is 22.1. The SMILES string of the molecule is COC(=O)[C@@H]1C[C@@H](NC(=O)c2ccccc2-c2ccccc2)CN1Cc1ccc(Cl)cc1. The minimum absolute atomic E-state index is 0.147. The molecule has 1 amide bonds. The van der Waals surface area contributed by atoms with E-state index in [9.17, 15) is 9.59 Å². The third-order valence-electron chi connectivity index (χ3n) is 5.77. The quantitative estimate of drug-likeness (QED) is 0.562. The molecule has 0 unspecified atom stereocenters. The van der Waals surface area contributed by atoms with Crippen LogP contribution in [0.15, 0.2) is 78.9 Å². The number of amides is 1. The molecule has 2 atom stereocenters. The van der Waals surface area contributed by atoms with Crippen LogP contribution in [0.4, 0.5) is 0 Å². The fourth-order valence-electron chi connectivity index (χ4n) is 4.20. The number of benzene rings is 3. The average molecular weight is 449 g/mol. The lowest BCUT2D eigenvalue weighted by Crippen LogP contribution is -2.37. The molecule has 164 valence electrons. The van der Waals surface area contributed by atoms with Gasteiger partial charge in [0.2, 0.25) is 0 Å². The Hall–Kier alpha value is -3.15. The van der Waals surface area contributed by atoms with E-state index in [1.807, 2.05) is 83.8 Å². The zero-order valence-electron chi connectivity index (χ0n) is 17.8. The van der Waals surface area contributed by atoms with E-state index in [1.54, 1.807) is 0 Å². The van der Waals surface area contributed by atoms with Gasteiger partial charge in [-0.25, -0.2) is 0 Å². The van der Waals surface area contributed by atoms with Crippen molar-refractivity contribution < 1.29 is 14.3 Å². The molecule has 0 aliphatic carbocycles. The van der Waals surface area contributed by atoms with Crippen molar-refractivity contribution in [3.05, 3.63) is 95.0 Å². The van der Waals surface area contributed by atoms with Gasteiger partial charge in [0, 0.05) is 29.7 Å². The number of methoxy groups -OCH3 is 1. The summed E-state index contributed by atoms with van der Waals surface area (Å²) in [5.74, 6) is -0.438. The van der Waals surface area contributed by atoms with Gasteiger partial charge in [-0.3, -0.25) is 14.5 Å². The first-order valence-electron chi connectivity index (χ1n) is 10.6. The summed E-state index contributed by atoms with van der Waals surface area (Å²) in [5.41, 5.74) is 3.53. The van der Waals surface area contributed by atoms with Crippen molar-refractivity contribution in [2.45, 2.75) is 25.0 Å². The number of halogens is 1. The lowest BCUT2D eigenvalue weighted by molar-refractivity contribution is -0.146. The number of hydrogen-bond acceptors (Lipinski definition) is 4. The molecule has 1 N–H and O–H groups in total. The van der Waals surface area contributed by atoms with Gasteiger partial charge < -0.3 is 10.1 Å². The number of nitrogens with one attached hydrogen (secondary N) is 1. The second-order valence-corrected chi connectivity index (χ2v) is 8.35. The first-order chi connectivity index (χ1) is 15.5. The maximum atomic E-state index is 13.2. The van der Waals surface area contributed by atoms with Gasteiger partial charge in [0.25, 0.3) is 5.91 Å². The second-order valence-electron chi connectivity index (χ2n) is 7.91. The van der Waals surface area contributed by atoms with Crippen molar-refractivity contribution in [3.63, 3.8) is 0 Å². The van der Waals surface area contributed by atoms with Crippen molar-refractivity contribution in [1.29, 1.82) is 0 Å². The predicted molar refractivity (Wildman–Crippen MR) is 125 cm³/mol. The number of carbonyl (C=O) groups is 2. The molecule has 32 heavy (non-hydrogen) atoms. The summed E-state index contributed by atoms with van der Waals surface area (Å²) in [6, 6.07) is 24.4. The van der Waals surface area contributed by atoms with Crippen LogP contribution < -0.4 is 5.32 Å². The Morgan fingerprint density at radius 3 is 2.41 bits per heavy atom. The second kappa shape index (κ2) is 9.98. The monoisotopic (exact) mass is 448 g/mol. The zero-order valence-corrected chi connectivity index (χ0v) is 18.6. The van der Waals surface area contributed by atoms with Crippen molar-refractivity contribution in [1.82, 2.24) is 10.2 Å². The Kier molecular flexibility index (Phi) is 6.88. The van der Waals surface area contributed by atoms with Gasteiger partial charge in [-0.2, -0.15) is 0 Å². The van der Waals surface area contributed by atoms with Crippen LogP contribution in [-0.4, -0.2) is 42.5 Å². The molecule has 1 heterocycles. The van der Waals surface area contributed by atoms with Crippen molar-refractivity contribution in [3.8, 4) is 11.1 Å². The fourth-order valence-corrected chi connectivity index (χ4v) is 4.33. The maximum Gasteiger partial charge on any atom is 0.323 e. The number of rotatable bonds is 6. The molecule has 0 saturated carbocycles. The fraction of sp³-hybridized carbons (Fsp3) is 0.231. The molecule has 1 aliphatic rings. The molecule has 1 aliphatic heterocycles. The van der Waals surface area contributed by atoms with Crippen LogP contribution in [0.3, 0.4) is 0 Å². The minimum Gasteiger partial charge on any atom is -0.468 e. The van der Waals surface area contributed by atoms with Gasteiger partial charge in [-0.1, -0.05) is 72.3 Å². The van der Waals surface area contributed by atoms with Crippen LogP contribution in [0.25, 0.3) is 11.1 Å². The predicted octanol–water partition coefficient (Wildman–Crippen LogP) is 4.55. The van der Waals surface area contributed by atoms with Crippen molar-refractivity contribution >= 4 is 23.5 Å². The Labute approximate surface area is 193 Å². The molecule has 0 spiro atoms. The van der Waals surface area contributed by atoms with Gasteiger partial charge in [0.05, 0.1) is 7.11 Å². The molecular weight excluding hydrogens is 424 g/mol. The van der Waals surface area contributed by atoms with Crippen LogP contribution in [0, 0.1) is 0 Å². The summed E-state index contributed by atoms with van der Waals surface area (Å²) in [7, 11) is 1.39. The maximum absolute atomic E-state index is 13.2. The third-order valence-corrected chi connectivity index (χ3v) is 6.02. The summed E-state index contributed by atoms with van der Waals surface area (Å²) < 4.78 is 5.02. The Balaban J connectivity index is 1.50. The minimum atomic E-state index is -0.412.